The molecule has 1 aliphatic carbocycles. The van der Waals surface area contributed by atoms with Crippen LogP contribution in [0, 0.1) is 35.5 Å². The van der Waals surface area contributed by atoms with Gasteiger partial charge in [0, 0.05) is 24.9 Å². The largest absolute Gasteiger partial charge is 0.390 e. The number of nitrogens with one attached hydrogen (secondary N) is 1. The second-order valence-electron chi connectivity index (χ2n) is 13.6. The maximum absolute atomic E-state index is 14.1. The fourth-order valence-corrected chi connectivity index (χ4v) is 10.9. The van der Waals surface area contributed by atoms with Crippen molar-refractivity contribution < 1.29 is 41.4 Å². The maximum atomic E-state index is 14.1. The molecule has 0 spiro atoms. The Balaban J connectivity index is 1.36. The first-order valence-electron chi connectivity index (χ1n) is 17.1. The number of ether oxygens (including phenoxy) is 2. The van der Waals surface area contributed by atoms with Crippen molar-refractivity contribution in [3.8, 4) is 0 Å². The summed E-state index contributed by atoms with van der Waals surface area (Å²) in [5, 5.41) is 15.1. The summed E-state index contributed by atoms with van der Waals surface area (Å²) in [5.41, 5.74) is 0.911. The van der Waals surface area contributed by atoms with Crippen LogP contribution < -0.4 is 10.6 Å². The summed E-state index contributed by atoms with van der Waals surface area (Å²) in [6.45, 7) is 10.6. The van der Waals surface area contributed by atoms with Crippen LogP contribution >= 0.6 is 7.60 Å². The molecule has 5 rings (SSSR count). The lowest BCUT2D eigenvalue weighted by molar-refractivity contribution is -0.167. The number of nitrogens with zero attached hydrogens (tertiary/aromatic N) is 1. The van der Waals surface area contributed by atoms with Crippen LogP contribution in [0.3, 0.4) is 0 Å². The van der Waals surface area contributed by atoms with E-state index in [4.69, 9.17) is 18.5 Å². The molecule has 13 heteroatoms. The number of hydrogen-bond acceptors (Lipinski definition) is 9. The molecule has 3 fully saturated rings. The first-order valence-corrected chi connectivity index (χ1v) is 20.1. The van der Waals surface area contributed by atoms with Gasteiger partial charge in [-0.25, -0.2) is 8.42 Å². The summed E-state index contributed by atoms with van der Waals surface area (Å²) in [5.74, 6) is 0.409. The fraction of sp³-hybridized carbons (Fsp3) is 0.629. The number of carbonyl (C=O) groups is 1. The summed E-state index contributed by atoms with van der Waals surface area (Å²) >= 11 is 0. The molecule has 0 radical (unpaired) electrons. The SMILES string of the molecule is CCOP(=O)(OCC)c1ccc(S(=O)(=O)N(CC(C)C)C[C@@H](O)[C@H](Cc2ccccc2)NC(=O)[C@H](C)[C@H]2C3CO[C@H]4OC[C@@H]2C4C3)cc1. The number of aliphatic hydroxyl groups is 1. The van der Waals surface area contributed by atoms with E-state index in [0.717, 1.165) is 12.0 Å². The van der Waals surface area contributed by atoms with Crippen molar-refractivity contribution in [3.63, 3.8) is 0 Å². The average Bonchev–Trinajstić information content (AvgIpc) is 3.59. The van der Waals surface area contributed by atoms with E-state index in [0.29, 0.717) is 25.6 Å². The van der Waals surface area contributed by atoms with Gasteiger partial charge in [0.2, 0.25) is 15.9 Å². The van der Waals surface area contributed by atoms with Crippen molar-refractivity contribution >= 4 is 28.8 Å². The Morgan fingerprint density at radius 3 is 2.25 bits per heavy atom. The molecular formula is C35H51N2O9PS. The normalized spacial score (nSPS) is 25.7. The Hall–Kier alpha value is -2.15. The van der Waals surface area contributed by atoms with Crippen molar-refractivity contribution in [1.29, 1.82) is 0 Å². The fourth-order valence-electron chi connectivity index (χ4n) is 7.67. The van der Waals surface area contributed by atoms with Crippen molar-refractivity contribution in [3.05, 3.63) is 60.2 Å². The Morgan fingerprint density at radius 2 is 1.62 bits per heavy atom. The summed E-state index contributed by atoms with van der Waals surface area (Å²) in [4.78, 5) is 13.9. The van der Waals surface area contributed by atoms with E-state index in [-0.39, 0.29) is 78.3 Å². The smallest absolute Gasteiger partial charge is 0.361 e. The predicted molar refractivity (Wildman–Crippen MR) is 182 cm³/mol. The summed E-state index contributed by atoms with van der Waals surface area (Å²) in [6.07, 6.45) is -0.0758. The Labute approximate surface area is 285 Å². The third-order valence-electron chi connectivity index (χ3n) is 9.87. The molecule has 2 bridgehead atoms. The molecule has 2 N–H and O–H groups in total. The molecule has 0 aromatic heterocycles. The standard InChI is InChI=1S/C35H51N2O9PS/c1-6-45-47(40,46-7-2)27-13-15-28(16-14-27)48(41,42)37(19-23(3)4)20-32(38)31(17-25-11-9-8-10-12-25)36-34(39)24(5)33-26-18-29-30(33)22-44-35(29)43-21-26/h8-16,23-24,26,29-33,35,38H,6-7,17-22H2,1-5H3,(H,36,39)/t24-,26?,29?,30-,31+,32-,33+,35+/m1/s1. The second-order valence-corrected chi connectivity index (χ2v) is 17.6. The zero-order valence-electron chi connectivity index (χ0n) is 28.6. The van der Waals surface area contributed by atoms with Gasteiger partial charge in [0.1, 0.15) is 0 Å². The van der Waals surface area contributed by atoms with Gasteiger partial charge in [-0.2, -0.15) is 4.31 Å². The number of carbonyl (C=O) groups excluding carboxylic acids is 1. The van der Waals surface area contributed by atoms with Gasteiger partial charge >= 0.3 is 7.60 Å². The summed E-state index contributed by atoms with van der Waals surface area (Å²) in [6, 6.07) is 14.5. The molecule has 2 saturated heterocycles. The molecule has 266 valence electrons. The summed E-state index contributed by atoms with van der Waals surface area (Å²) < 4.78 is 65.3. The van der Waals surface area contributed by atoms with E-state index in [1.807, 2.05) is 51.1 Å². The lowest BCUT2D eigenvalue weighted by atomic mass is 9.79. The number of aliphatic hydroxyl groups excluding tert-OH is 1. The highest BCUT2D eigenvalue weighted by atomic mass is 32.2. The maximum Gasteiger partial charge on any atom is 0.361 e. The minimum atomic E-state index is -4.10. The second kappa shape index (κ2) is 15.8. The van der Waals surface area contributed by atoms with Gasteiger partial charge in [-0.1, -0.05) is 51.1 Å². The first kappa shape index (κ1) is 37.1. The highest BCUT2D eigenvalue weighted by Gasteiger charge is 2.56. The van der Waals surface area contributed by atoms with Gasteiger partial charge in [0.15, 0.2) is 6.29 Å². The van der Waals surface area contributed by atoms with Crippen LogP contribution in [0.1, 0.15) is 46.6 Å². The topological polar surface area (TPSA) is 141 Å². The minimum absolute atomic E-state index is 0.0115. The number of hydrogen-bond donors (Lipinski definition) is 2. The van der Waals surface area contributed by atoms with Crippen molar-refractivity contribution in [2.45, 2.75) is 70.8 Å². The Morgan fingerprint density at radius 1 is 0.979 bits per heavy atom. The van der Waals surface area contributed by atoms with E-state index < -0.39 is 29.8 Å². The number of rotatable bonds is 17. The zero-order valence-corrected chi connectivity index (χ0v) is 30.3. The molecular weight excluding hydrogens is 655 g/mol. The van der Waals surface area contributed by atoms with E-state index in [1.54, 1.807) is 13.8 Å². The highest BCUT2D eigenvalue weighted by molar-refractivity contribution is 7.89. The molecule has 2 unspecified atom stereocenters. The van der Waals surface area contributed by atoms with Crippen LogP contribution in [0.5, 0.6) is 0 Å². The van der Waals surface area contributed by atoms with Gasteiger partial charge in [0.25, 0.3) is 0 Å². The number of amides is 1. The van der Waals surface area contributed by atoms with E-state index in [9.17, 15) is 22.9 Å². The molecule has 2 aromatic carbocycles. The lowest BCUT2D eigenvalue weighted by Gasteiger charge is -2.34. The molecule has 2 aliphatic heterocycles. The number of benzene rings is 2. The molecule has 48 heavy (non-hydrogen) atoms. The molecule has 3 aliphatic rings. The predicted octanol–water partition coefficient (Wildman–Crippen LogP) is 4.20. The van der Waals surface area contributed by atoms with Gasteiger partial charge in [-0.15, -0.1) is 0 Å². The van der Waals surface area contributed by atoms with Crippen LogP contribution in [-0.2, 0) is 44.3 Å². The van der Waals surface area contributed by atoms with Gasteiger partial charge in [0.05, 0.1) is 48.8 Å². The molecule has 2 heterocycles. The van der Waals surface area contributed by atoms with Gasteiger partial charge < -0.3 is 28.9 Å². The Kier molecular flexibility index (Phi) is 12.2. The number of sulfonamides is 1. The zero-order chi connectivity index (χ0) is 34.6. The third kappa shape index (κ3) is 8.08. The number of fused-ring (bicyclic) bond motifs is 1. The lowest BCUT2D eigenvalue weighted by Crippen LogP contribution is -2.53. The van der Waals surface area contributed by atoms with E-state index in [2.05, 4.69) is 5.32 Å². The van der Waals surface area contributed by atoms with E-state index in [1.165, 1.54) is 28.6 Å². The minimum Gasteiger partial charge on any atom is -0.390 e. The molecule has 2 aromatic rings. The molecule has 11 nitrogen and oxygen atoms in total. The van der Waals surface area contributed by atoms with Crippen LogP contribution in [0.4, 0.5) is 0 Å². The van der Waals surface area contributed by atoms with Crippen LogP contribution in [0.2, 0.25) is 0 Å². The van der Waals surface area contributed by atoms with Crippen molar-refractivity contribution in [2.24, 2.45) is 35.5 Å². The van der Waals surface area contributed by atoms with Crippen LogP contribution in [0.25, 0.3) is 0 Å². The van der Waals surface area contributed by atoms with Crippen molar-refractivity contribution in [2.75, 3.05) is 39.5 Å². The molecule has 8 atom stereocenters. The van der Waals surface area contributed by atoms with Gasteiger partial charge in [-0.05, 0) is 80.2 Å². The Bertz CT molecular complexity index is 1510. The first-order chi connectivity index (χ1) is 22.9. The average molecular weight is 707 g/mol. The van der Waals surface area contributed by atoms with Crippen LogP contribution in [-0.4, -0.2) is 81.7 Å². The molecule has 1 amide bonds. The van der Waals surface area contributed by atoms with Crippen molar-refractivity contribution in [1.82, 2.24) is 9.62 Å². The monoisotopic (exact) mass is 706 g/mol. The summed E-state index contributed by atoms with van der Waals surface area (Å²) in [7, 11) is -7.70. The highest BCUT2D eigenvalue weighted by Crippen LogP contribution is 2.54. The molecule has 1 saturated carbocycles. The quantitative estimate of drug-likeness (QED) is 0.232. The van der Waals surface area contributed by atoms with E-state index >= 15 is 0 Å². The van der Waals surface area contributed by atoms with Gasteiger partial charge in [-0.3, -0.25) is 9.36 Å². The third-order valence-corrected chi connectivity index (χ3v) is 13.8. The van der Waals surface area contributed by atoms with Crippen LogP contribution in [0.15, 0.2) is 59.5 Å².